The molecule has 8 heteroatoms. The smallest absolute Gasteiger partial charge is 0.275 e. The number of aliphatic hydroxyl groups is 1. The number of likely N-dealkylation sites (tertiary alicyclic amines) is 1. The highest BCUT2D eigenvalue weighted by Gasteiger charge is 2.31. The van der Waals surface area contributed by atoms with E-state index in [9.17, 15) is 9.90 Å². The molecule has 0 amide bonds. The number of nitrogens with one attached hydrogen (secondary N) is 2. The zero-order valence-electron chi connectivity index (χ0n) is 14.0. The minimum absolute atomic E-state index is 0.167. The average Bonchev–Trinajstić information content (AvgIpc) is 3.19. The fourth-order valence-corrected chi connectivity index (χ4v) is 4.52. The van der Waals surface area contributed by atoms with Gasteiger partial charge in [0, 0.05) is 53.0 Å². The maximum atomic E-state index is 11.8. The van der Waals surface area contributed by atoms with Crippen LogP contribution in [0.1, 0.15) is 5.56 Å². The van der Waals surface area contributed by atoms with E-state index >= 15 is 0 Å². The van der Waals surface area contributed by atoms with Crippen LogP contribution in [0.15, 0.2) is 46.5 Å². The van der Waals surface area contributed by atoms with Gasteiger partial charge in [0.1, 0.15) is 5.52 Å². The number of rotatable bonds is 5. The molecule has 136 valence electrons. The molecule has 3 N–H and O–H groups in total. The maximum Gasteiger partial charge on any atom is 0.275 e. The first-order valence-electron chi connectivity index (χ1n) is 8.42. The predicted octanol–water partition coefficient (Wildman–Crippen LogP) is 2.49. The first-order chi connectivity index (χ1) is 12.6. The first kappa shape index (κ1) is 17.6. The Labute approximate surface area is 159 Å². The number of β-amino-alcohol motifs (C(OH)–C–C–N with tert-alkyl or cyclic N) is 1. The van der Waals surface area contributed by atoms with Crippen LogP contribution in [0, 0.1) is 5.92 Å². The van der Waals surface area contributed by atoms with Gasteiger partial charge in [-0.25, -0.2) is 4.98 Å². The molecule has 1 saturated heterocycles. The second-order valence-electron chi connectivity index (χ2n) is 6.56. The Morgan fingerprint density at radius 1 is 1.27 bits per heavy atom. The number of hydrogen-bond donors (Lipinski definition) is 3. The van der Waals surface area contributed by atoms with Gasteiger partial charge in [0.2, 0.25) is 0 Å². The third-order valence-electron chi connectivity index (χ3n) is 4.70. The van der Waals surface area contributed by atoms with Crippen LogP contribution in [0.2, 0.25) is 5.02 Å². The summed E-state index contributed by atoms with van der Waals surface area (Å²) in [5.41, 5.74) is 2.00. The van der Waals surface area contributed by atoms with E-state index in [1.807, 2.05) is 30.5 Å². The van der Waals surface area contributed by atoms with Gasteiger partial charge in [-0.15, -0.1) is 11.8 Å². The van der Waals surface area contributed by atoms with Crippen molar-refractivity contribution in [2.75, 3.05) is 18.8 Å². The Balaban J connectivity index is 1.39. The molecule has 0 radical (unpaired) electrons. The molecule has 4 rings (SSSR count). The van der Waals surface area contributed by atoms with Crippen molar-refractivity contribution in [2.45, 2.75) is 17.5 Å². The molecule has 0 saturated carbocycles. The van der Waals surface area contributed by atoms with Crippen LogP contribution in [0.3, 0.4) is 0 Å². The number of aromatic nitrogens is 3. The number of H-pyrrole nitrogens is 2. The summed E-state index contributed by atoms with van der Waals surface area (Å²) < 4.78 is 0. The van der Waals surface area contributed by atoms with Crippen molar-refractivity contribution in [3.8, 4) is 0 Å². The van der Waals surface area contributed by atoms with Crippen LogP contribution in [0.25, 0.3) is 11.0 Å². The van der Waals surface area contributed by atoms with E-state index in [2.05, 4.69) is 19.9 Å². The normalized spacial score (nSPS) is 20.8. The highest BCUT2D eigenvalue weighted by molar-refractivity contribution is 7.99. The minimum atomic E-state index is -0.351. The molecule has 2 aromatic heterocycles. The van der Waals surface area contributed by atoms with Crippen molar-refractivity contribution in [1.82, 2.24) is 19.9 Å². The van der Waals surface area contributed by atoms with Crippen LogP contribution in [-0.2, 0) is 6.54 Å². The average molecular weight is 391 g/mol. The maximum absolute atomic E-state index is 11.8. The monoisotopic (exact) mass is 390 g/mol. The topological polar surface area (TPSA) is 85.0 Å². The molecule has 0 spiro atoms. The standard InChI is InChI=1S/C18H19ClN4O2S/c19-13-1-3-14(4-2-13)26-9-12-7-23(8-15(12)24)6-11-5-20-17-16(11)21-10-22-18(17)25/h1-5,10,12,15,20,24H,6-9H2,(H,21,22,25)/t12-,15+/m0/s1. The van der Waals surface area contributed by atoms with Crippen LogP contribution >= 0.6 is 23.4 Å². The molecule has 0 unspecified atom stereocenters. The summed E-state index contributed by atoms with van der Waals surface area (Å²) in [7, 11) is 0. The van der Waals surface area contributed by atoms with Crippen LogP contribution in [-0.4, -0.2) is 49.9 Å². The number of nitrogens with zero attached hydrogens (tertiary/aromatic N) is 2. The van der Waals surface area contributed by atoms with Crippen molar-refractivity contribution < 1.29 is 5.11 Å². The quantitative estimate of drug-likeness (QED) is 0.583. The van der Waals surface area contributed by atoms with Crippen LogP contribution in [0.4, 0.5) is 0 Å². The summed E-state index contributed by atoms with van der Waals surface area (Å²) in [6.07, 6.45) is 2.90. The molecule has 0 bridgehead atoms. The van der Waals surface area contributed by atoms with Gasteiger partial charge in [0.25, 0.3) is 5.56 Å². The number of fused-ring (bicyclic) bond motifs is 1. The Morgan fingerprint density at radius 2 is 2.08 bits per heavy atom. The van der Waals surface area contributed by atoms with Gasteiger partial charge in [-0.05, 0) is 24.3 Å². The van der Waals surface area contributed by atoms with E-state index in [0.717, 1.165) is 27.8 Å². The van der Waals surface area contributed by atoms with E-state index in [1.165, 1.54) is 6.33 Å². The van der Waals surface area contributed by atoms with E-state index in [0.29, 0.717) is 24.1 Å². The molecule has 26 heavy (non-hydrogen) atoms. The number of benzene rings is 1. The number of halogens is 1. The number of aliphatic hydroxyl groups excluding tert-OH is 1. The number of aromatic amines is 2. The summed E-state index contributed by atoms with van der Waals surface area (Å²) in [4.78, 5) is 25.0. The fourth-order valence-electron chi connectivity index (χ4n) is 3.33. The summed E-state index contributed by atoms with van der Waals surface area (Å²) in [5, 5.41) is 11.1. The fraction of sp³-hybridized carbons (Fsp3) is 0.333. The van der Waals surface area contributed by atoms with Crippen LogP contribution in [0.5, 0.6) is 0 Å². The number of thioether (sulfide) groups is 1. The molecule has 1 fully saturated rings. The Morgan fingerprint density at radius 3 is 2.88 bits per heavy atom. The van der Waals surface area contributed by atoms with Gasteiger partial charge >= 0.3 is 0 Å². The molecule has 3 aromatic rings. The van der Waals surface area contributed by atoms with Crippen molar-refractivity contribution >= 4 is 34.4 Å². The van der Waals surface area contributed by atoms with E-state index in [1.54, 1.807) is 11.8 Å². The highest BCUT2D eigenvalue weighted by atomic mass is 35.5. The number of hydrogen-bond acceptors (Lipinski definition) is 5. The molecule has 6 nitrogen and oxygen atoms in total. The molecule has 2 atom stereocenters. The first-order valence-corrected chi connectivity index (χ1v) is 9.79. The van der Waals surface area contributed by atoms with E-state index in [-0.39, 0.29) is 17.6 Å². The second kappa shape index (κ2) is 7.44. The third kappa shape index (κ3) is 3.66. The highest BCUT2D eigenvalue weighted by Crippen LogP contribution is 2.28. The lowest BCUT2D eigenvalue weighted by Gasteiger charge is -2.15. The third-order valence-corrected chi connectivity index (χ3v) is 6.15. The van der Waals surface area contributed by atoms with Gasteiger partial charge in [0.05, 0.1) is 17.9 Å². The largest absolute Gasteiger partial charge is 0.391 e. The summed E-state index contributed by atoms with van der Waals surface area (Å²) in [6, 6.07) is 7.77. The Hall–Kier alpha value is -1.80. The zero-order chi connectivity index (χ0) is 18.1. The van der Waals surface area contributed by atoms with Gasteiger partial charge in [0.15, 0.2) is 0 Å². The lowest BCUT2D eigenvalue weighted by Crippen LogP contribution is -2.21. The van der Waals surface area contributed by atoms with Gasteiger partial charge in [-0.1, -0.05) is 11.6 Å². The van der Waals surface area contributed by atoms with Crippen molar-refractivity contribution in [3.63, 3.8) is 0 Å². The van der Waals surface area contributed by atoms with Gasteiger partial charge < -0.3 is 15.1 Å². The second-order valence-corrected chi connectivity index (χ2v) is 8.09. The predicted molar refractivity (Wildman–Crippen MR) is 104 cm³/mol. The Kier molecular flexibility index (Phi) is 5.04. The lowest BCUT2D eigenvalue weighted by atomic mass is 10.1. The van der Waals surface area contributed by atoms with Crippen molar-refractivity contribution in [1.29, 1.82) is 0 Å². The molecular formula is C18H19ClN4O2S. The molecule has 1 aliphatic rings. The molecule has 3 heterocycles. The molecular weight excluding hydrogens is 372 g/mol. The van der Waals surface area contributed by atoms with Crippen LogP contribution < -0.4 is 5.56 Å². The summed E-state index contributed by atoms with van der Waals surface area (Å²) in [6.45, 7) is 2.11. The van der Waals surface area contributed by atoms with E-state index < -0.39 is 0 Å². The van der Waals surface area contributed by atoms with Gasteiger partial charge in [-0.2, -0.15) is 0 Å². The SMILES string of the molecule is O=c1[nH]cnc2c(CN3C[C@@H](CSc4ccc(Cl)cc4)[C@H](O)C3)c[nH]c12. The van der Waals surface area contributed by atoms with Crippen molar-refractivity contribution in [3.05, 3.63) is 57.7 Å². The van der Waals surface area contributed by atoms with Crippen molar-refractivity contribution in [2.24, 2.45) is 5.92 Å². The summed E-state index contributed by atoms with van der Waals surface area (Å²) >= 11 is 7.65. The van der Waals surface area contributed by atoms with Gasteiger partial charge in [-0.3, -0.25) is 9.69 Å². The Bertz CT molecular complexity index is 956. The molecule has 1 aliphatic heterocycles. The minimum Gasteiger partial charge on any atom is -0.391 e. The zero-order valence-corrected chi connectivity index (χ0v) is 15.6. The molecule has 1 aromatic carbocycles. The van der Waals surface area contributed by atoms with E-state index in [4.69, 9.17) is 11.6 Å². The lowest BCUT2D eigenvalue weighted by molar-refractivity contribution is 0.149. The molecule has 0 aliphatic carbocycles. The summed E-state index contributed by atoms with van der Waals surface area (Å²) in [5.74, 6) is 1.06.